The van der Waals surface area contributed by atoms with E-state index >= 15 is 0 Å². The van der Waals surface area contributed by atoms with Gasteiger partial charge in [0, 0.05) is 56.3 Å². The number of benzene rings is 2. The number of carbonyl (C=O) groups is 1. The van der Waals surface area contributed by atoms with Gasteiger partial charge in [0.05, 0.1) is 34.7 Å². The molecule has 0 radical (unpaired) electrons. The van der Waals surface area contributed by atoms with Gasteiger partial charge in [0.15, 0.2) is 5.65 Å². The van der Waals surface area contributed by atoms with E-state index in [-0.39, 0.29) is 38.9 Å². The predicted octanol–water partition coefficient (Wildman–Crippen LogP) is 4.60. The molecular weight excluding hydrogens is 702 g/mol. The number of hydrogen-bond acceptors (Lipinski definition) is 10. The van der Waals surface area contributed by atoms with Gasteiger partial charge >= 0.3 is 11.9 Å². The van der Waals surface area contributed by atoms with E-state index in [1.165, 1.54) is 27.3 Å². The minimum absolute atomic E-state index is 0.0296. The lowest BCUT2D eigenvalue weighted by Crippen LogP contribution is -2.38. The number of halogens is 5. The number of ether oxygens (including phenoxy) is 1. The summed E-state index contributed by atoms with van der Waals surface area (Å²) >= 11 is 13.8. The third kappa shape index (κ3) is 6.60. The second-order valence-corrected chi connectivity index (χ2v) is 12.2. The average molecular weight is 731 g/mol. The maximum atomic E-state index is 13.8. The third-order valence-corrected chi connectivity index (χ3v) is 8.96. The van der Waals surface area contributed by atoms with Crippen LogP contribution in [0.15, 0.2) is 52.2 Å². The summed E-state index contributed by atoms with van der Waals surface area (Å²) in [5.74, 6) is -1.75. The van der Waals surface area contributed by atoms with Crippen molar-refractivity contribution in [3.8, 4) is 28.3 Å². The van der Waals surface area contributed by atoms with E-state index in [0.29, 0.717) is 47.6 Å². The average Bonchev–Trinajstić information content (AvgIpc) is 3.51. The molecular formula is C32H28Cl2F3N9O4. The molecule has 3 aromatic heterocycles. The number of carbonyl (C=O) groups excluding carboxylic acids is 1. The van der Waals surface area contributed by atoms with Crippen molar-refractivity contribution in [3.63, 3.8) is 0 Å². The maximum absolute atomic E-state index is 13.8. The number of anilines is 2. The molecule has 6 rings (SSSR count). The summed E-state index contributed by atoms with van der Waals surface area (Å²) in [6.07, 6.45) is -2.18. The first-order valence-electron chi connectivity index (χ1n) is 15.1. The standard InChI is InChI=1S/C32H28Cl2F3N9O4/c1-45-27-23(29(48)46(2)31(45)49)26(43-30(44-27)32(35,36)37)41-19-9-5-7-17(25(19)34)16-6-4-8-18(24(16)33)20-14-39-21(28(42-20)50-3)13-38-12-15-10-11-22(47)40-15/h4-9,14-15,38H,10-13H2,1-3H3,(H,40,47)(H,41,43,44)/t15-/m1/s1. The molecule has 0 aliphatic carbocycles. The van der Waals surface area contributed by atoms with Crippen LogP contribution in [0.1, 0.15) is 24.4 Å². The quantitative estimate of drug-likeness (QED) is 0.196. The van der Waals surface area contributed by atoms with E-state index in [1.54, 1.807) is 36.5 Å². The number of nitrogens with zero attached hydrogens (tertiary/aromatic N) is 6. The van der Waals surface area contributed by atoms with Crippen molar-refractivity contribution in [1.82, 2.24) is 39.7 Å². The summed E-state index contributed by atoms with van der Waals surface area (Å²) in [5, 5.41) is 8.87. The topological polar surface area (TPSA) is 158 Å². The van der Waals surface area contributed by atoms with Crippen molar-refractivity contribution in [2.75, 3.05) is 19.0 Å². The molecule has 0 saturated carbocycles. The van der Waals surface area contributed by atoms with Crippen molar-refractivity contribution in [3.05, 3.63) is 85.0 Å². The number of rotatable bonds is 9. The van der Waals surface area contributed by atoms with Crippen molar-refractivity contribution < 1.29 is 22.7 Å². The van der Waals surface area contributed by atoms with Gasteiger partial charge in [-0.15, -0.1) is 0 Å². The highest BCUT2D eigenvalue weighted by Crippen LogP contribution is 2.42. The zero-order valence-corrected chi connectivity index (χ0v) is 28.2. The number of aryl methyl sites for hydroxylation is 1. The second-order valence-electron chi connectivity index (χ2n) is 11.4. The normalized spacial score (nSPS) is 14.6. The van der Waals surface area contributed by atoms with Gasteiger partial charge in [-0.2, -0.15) is 13.2 Å². The lowest BCUT2D eigenvalue weighted by atomic mass is 10.0. The molecule has 1 aliphatic rings. The van der Waals surface area contributed by atoms with Crippen LogP contribution in [0.3, 0.4) is 0 Å². The zero-order chi connectivity index (χ0) is 35.9. The van der Waals surface area contributed by atoms with Crippen molar-refractivity contribution >= 4 is 51.6 Å². The molecule has 5 aromatic rings. The van der Waals surface area contributed by atoms with Crippen LogP contribution in [0, 0.1) is 0 Å². The number of alkyl halides is 3. The fourth-order valence-electron chi connectivity index (χ4n) is 5.58. The lowest BCUT2D eigenvalue weighted by molar-refractivity contribution is -0.144. The molecule has 13 nitrogen and oxygen atoms in total. The molecule has 4 heterocycles. The van der Waals surface area contributed by atoms with E-state index in [4.69, 9.17) is 27.9 Å². The summed E-state index contributed by atoms with van der Waals surface area (Å²) in [6, 6.07) is 9.95. The monoisotopic (exact) mass is 729 g/mol. The summed E-state index contributed by atoms with van der Waals surface area (Å²) in [6.45, 7) is 0.911. The smallest absolute Gasteiger partial charge is 0.451 e. The van der Waals surface area contributed by atoms with E-state index in [1.807, 2.05) is 0 Å². The van der Waals surface area contributed by atoms with Crippen LogP contribution in [0.5, 0.6) is 5.88 Å². The largest absolute Gasteiger partial charge is 0.480 e. The molecule has 50 heavy (non-hydrogen) atoms. The van der Waals surface area contributed by atoms with Crippen LogP contribution in [0.25, 0.3) is 33.4 Å². The summed E-state index contributed by atoms with van der Waals surface area (Å²) < 4.78 is 48.6. The Bertz CT molecular complexity index is 2280. The van der Waals surface area contributed by atoms with Crippen LogP contribution in [-0.2, 0) is 31.6 Å². The SMILES string of the molecule is COc1nc(-c2cccc(-c3cccc(Nc4nc(C(F)(F)F)nc5c4c(=O)n(C)c(=O)n5C)c3Cl)c2Cl)cnc1CNC[C@H]1CCC(=O)N1. The number of amides is 1. The molecule has 0 bridgehead atoms. The van der Waals surface area contributed by atoms with E-state index < -0.39 is 34.7 Å². The third-order valence-electron chi connectivity index (χ3n) is 8.14. The second kappa shape index (κ2) is 13.7. The highest BCUT2D eigenvalue weighted by Gasteiger charge is 2.36. The molecule has 1 fully saturated rings. The molecule has 3 N–H and O–H groups in total. The first-order chi connectivity index (χ1) is 23.8. The first-order valence-corrected chi connectivity index (χ1v) is 15.8. The molecule has 2 aromatic carbocycles. The van der Waals surface area contributed by atoms with E-state index in [0.717, 1.165) is 15.6 Å². The highest BCUT2D eigenvalue weighted by atomic mass is 35.5. The van der Waals surface area contributed by atoms with Crippen LogP contribution in [-0.4, -0.2) is 54.7 Å². The van der Waals surface area contributed by atoms with Gasteiger partial charge in [0.1, 0.15) is 16.9 Å². The Balaban J connectivity index is 1.34. The van der Waals surface area contributed by atoms with Crippen LogP contribution in [0.2, 0.25) is 10.0 Å². The molecule has 0 spiro atoms. The maximum Gasteiger partial charge on any atom is 0.451 e. The number of aromatic nitrogens is 6. The first kappa shape index (κ1) is 34.8. The molecule has 18 heteroatoms. The van der Waals surface area contributed by atoms with Gasteiger partial charge < -0.3 is 20.7 Å². The number of methoxy groups -OCH3 is 1. The fraction of sp³-hybridized carbons (Fsp3) is 0.281. The molecule has 1 saturated heterocycles. The minimum atomic E-state index is -4.99. The van der Waals surface area contributed by atoms with Gasteiger partial charge in [-0.05, 0) is 12.5 Å². The van der Waals surface area contributed by atoms with Gasteiger partial charge in [-0.3, -0.25) is 23.7 Å². The van der Waals surface area contributed by atoms with Gasteiger partial charge in [-0.25, -0.2) is 19.7 Å². The Labute approximate surface area is 291 Å². The predicted molar refractivity (Wildman–Crippen MR) is 181 cm³/mol. The molecule has 1 amide bonds. The van der Waals surface area contributed by atoms with E-state index in [2.05, 4.69) is 35.9 Å². The number of hydrogen-bond donors (Lipinski definition) is 3. The Morgan fingerprint density at radius 1 is 0.980 bits per heavy atom. The van der Waals surface area contributed by atoms with Gasteiger partial charge in [0.25, 0.3) is 5.56 Å². The minimum Gasteiger partial charge on any atom is -0.480 e. The Kier molecular flexibility index (Phi) is 9.52. The highest BCUT2D eigenvalue weighted by molar-refractivity contribution is 6.39. The Morgan fingerprint density at radius 2 is 1.68 bits per heavy atom. The molecule has 1 aliphatic heterocycles. The molecule has 0 unspecified atom stereocenters. The summed E-state index contributed by atoms with van der Waals surface area (Å²) in [7, 11) is 3.86. The van der Waals surface area contributed by atoms with Crippen molar-refractivity contribution in [2.45, 2.75) is 31.6 Å². The van der Waals surface area contributed by atoms with Crippen molar-refractivity contribution in [1.29, 1.82) is 0 Å². The van der Waals surface area contributed by atoms with Gasteiger partial charge in [0.2, 0.25) is 17.6 Å². The number of fused-ring (bicyclic) bond motifs is 1. The summed E-state index contributed by atoms with van der Waals surface area (Å²) in [5.41, 5.74) is 0.148. The van der Waals surface area contributed by atoms with Gasteiger partial charge in [-0.1, -0.05) is 53.5 Å². The Hall–Kier alpha value is -5.06. The lowest BCUT2D eigenvalue weighted by Gasteiger charge is -2.17. The zero-order valence-electron chi connectivity index (χ0n) is 26.7. The van der Waals surface area contributed by atoms with Crippen LogP contribution in [0.4, 0.5) is 24.7 Å². The fourth-order valence-corrected chi connectivity index (χ4v) is 6.18. The van der Waals surface area contributed by atoms with Crippen LogP contribution < -0.4 is 31.9 Å². The van der Waals surface area contributed by atoms with Crippen LogP contribution >= 0.6 is 23.2 Å². The van der Waals surface area contributed by atoms with E-state index in [9.17, 15) is 27.6 Å². The summed E-state index contributed by atoms with van der Waals surface area (Å²) in [4.78, 5) is 53.3. The number of nitrogens with one attached hydrogen (secondary N) is 3. The Morgan fingerprint density at radius 3 is 2.36 bits per heavy atom. The van der Waals surface area contributed by atoms with Crippen molar-refractivity contribution in [2.24, 2.45) is 14.1 Å². The molecule has 1 atom stereocenters. The molecule has 260 valence electrons.